The lowest BCUT2D eigenvalue weighted by Crippen LogP contribution is -2.50. The van der Waals surface area contributed by atoms with E-state index in [1.165, 1.54) is 6.42 Å². The molecule has 0 spiro atoms. The molecule has 0 aromatic rings. The Hall–Kier alpha value is -0.610. The summed E-state index contributed by atoms with van der Waals surface area (Å²) in [7, 11) is 1.75. The van der Waals surface area contributed by atoms with Crippen molar-refractivity contribution in [2.75, 3.05) is 20.3 Å². The Bertz CT molecular complexity index is 245. The second-order valence-corrected chi connectivity index (χ2v) is 4.60. The van der Waals surface area contributed by atoms with Gasteiger partial charge in [-0.25, -0.2) is 0 Å². The van der Waals surface area contributed by atoms with E-state index in [4.69, 9.17) is 4.74 Å². The van der Waals surface area contributed by atoms with Crippen molar-refractivity contribution in [2.45, 2.75) is 44.2 Å². The first-order valence-corrected chi connectivity index (χ1v) is 5.78. The smallest absolute Gasteiger partial charge is 0.240 e. The van der Waals surface area contributed by atoms with Crippen LogP contribution in [-0.2, 0) is 9.53 Å². The Labute approximate surface area is 91.0 Å². The van der Waals surface area contributed by atoms with Crippen LogP contribution < -0.4 is 5.32 Å². The van der Waals surface area contributed by atoms with Gasteiger partial charge in [-0.2, -0.15) is 0 Å². The molecule has 0 bridgehead atoms. The van der Waals surface area contributed by atoms with Gasteiger partial charge in [0.2, 0.25) is 5.91 Å². The normalized spacial score (nSPS) is 29.3. The van der Waals surface area contributed by atoms with Crippen LogP contribution in [0.3, 0.4) is 0 Å². The molecule has 1 N–H and O–H groups in total. The zero-order chi connectivity index (χ0) is 10.9. The average molecular weight is 212 g/mol. The van der Waals surface area contributed by atoms with E-state index in [0.717, 1.165) is 25.8 Å². The van der Waals surface area contributed by atoms with E-state index in [9.17, 15) is 4.79 Å². The molecule has 1 aliphatic carbocycles. The Balaban J connectivity index is 1.93. The van der Waals surface area contributed by atoms with Crippen molar-refractivity contribution in [3.63, 3.8) is 0 Å². The van der Waals surface area contributed by atoms with E-state index < -0.39 is 0 Å². The average Bonchev–Trinajstić information content (AvgIpc) is 2.53. The van der Waals surface area contributed by atoms with E-state index in [2.05, 4.69) is 5.32 Å². The number of ether oxygens (including phenoxy) is 1. The lowest BCUT2D eigenvalue weighted by atomic mass is 9.79. The van der Waals surface area contributed by atoms with Gasteiger partial charge >= 0.3 is 0 Å². The van der Waals surface area contributed by atoms with Gasteiger partial charge in [0.25, 0.3) is 0 Å². The first-order valence-electron chi connectivity index (χ1n) is 5.78. The minimum atomic E-state index is -0.0417. The van der Waals surface area contributed by atoms with Crippen molar-refractivity contribution in [3.8, 4) is 0 Å². The number of hydrogen-bond acceptors (Lipinski definition) is 3. The molecule has 2 fully saturated rings. The van der Waals surface area contributed by atoms with E-state index in [1.807, 2.05) is 11.8 Å². The van der Waals surface area contributed by atoms with E-state index in [1.54, 1.807) is 7.11 Å². The number of amides is 1. The fourth-order valence-electron chi connectivity index (χ4n) is 2.40. The molecular formula is C11H20N2O2. The highest BCUT2D eigenvalue weighted by atomic mass is 16.5. The van der Waals surface area contributed by atoms with E-state index in [0.29, 0.717) is 6.67 Å². The highest BCUT2D eigenvalue weighted by molar-refractivity contribution is 5.83. The molecule has 0 aromatic carbocycles. The lowest BCUT2D eigenvalue weighted by molar-refractivity contribution is -0.137. The van der Waals surface area contributed by atoms with Crippen molar-refractivity contribution in [1.29, 1.82) is 0 Å². The molecule has 0 radical (unpaired) electrons. The summed E-state index contributed by atoms with van der Waals surface area (Å²) in [6.07, 6.45) is 4.27. The summed E-state index contributed by atoms with van der Waals surface area (Å²) < 4.78 is 5.53. The third kappa shape index (κ3) is 1.88. The number of hydrogen-bond donors (Lipinski definition) is 1. The topological polar surface area (TPSA) is 41.6 Å². The molecule has 0 aromatic heterocycles. The molecule has 1 saturated heterocycles. The predicted molar refractivity (Wildman–Crippen MR) is 57.4 cm³/mol. The number of nitrogens with one attached hydrogen (secondary N) is 1. The zero-order valence-electron chi connectivity index (χ0n) is 9.58. The van der Waals surface area contributed by atoms with Gasteiger partial charge in [-0.15, -0.1) is 0 Å². The predicted octanol–water partition coefficient (Wildman–Crippen LogP) is 0.723. The molecule has 4 heteroatoms. The summed E-state index contributed by atoms with van der Waals surface area (Å²) in [5, 5.41) is 3.22. The number of nitrogens with zero attached hydrogens (tertiary/aromatic N) is 1. The molecule has 2 rings (SSSR count). The largest absolute Gasteiger partial charge is 0.376 e. The summed E-state index contributed by atoms with van der Waals surface area (Å²) in [6.45, 7) is 3.47. The SMILES string of the molecule is CCC1NCN(CC2(OC)CCC2)C1=O. The monoisotopic (exact) mass is 212 g/mol. The number of rotatable bonds is 4. The molecule has 86 valence electrons. The maximum absolute atomic E-state index is 11.9. The minimum absolute atomic E-state index is 0.0268. The van der Waals surface area contributed by atoms with Crippen molar-refractivity contribution in [1.82, 2.24) is 10.2 Å². The molecule has 1 unspecified atom stereocenters. The molecular weight excluding hydrogens is 192 g/mol. The molecule has 15 heavy (non-hydrogen) atoms. The molecule has 4 nitrogen and oxygen atoms in total. The van der Waals surface area contributed by atoms with E-state index in [-0.39, 0.29) is 17.6 Å². The summed E-state index contributed by atoms with van der Waals surface area (Å²) >= 11 is 0. The van der Waals surface area contributed by atoms with Crippen LogP contribution >= 0.6 is 0 Å². The van der Waals surface area contributed by atoms with Gasteiger partial charge in [0.1, 0.15) is 0 Å². The minimum Gasteiger partial charge on any atom is -0.376 e. The Morgan fingerprint density at radius 2 is 2.33 bits per heavy atom. The highest BCUT2D eigenvalue weighted by Crippen LogP contribution is 2.36. The molecule has 1 aliphatic heterocycles. The zero-order valence-corrected chi connectivity index (χ0v) is 9.58. The van der Waals surface area contributed by atoms with Crippen LogP contribution in [0.5, 0.6) is 0 Å². The Kier molecular flexibility index (Phi) is 2.98. The number of methoxy groups -OCH3 is 1. The van der Waals surface area contributed by atoms with Gasteiger partial charge in [-0.05, 0) is 25.7 Å². The van der Waals surface area contributed by atoms with Crippen LogP contribution in [0.25, 0.3) is 0 Å². The van der Waals surface area contributed by atoms with Gasteiger partial charge < -0.3 is 9.64 Å². The summed E-state index contributed by atoms with van der Waals surface area (Å²) in [5.41, 5.74) is -0.0417. The molecule has 1 amide bonds. The third-order valence-electron chi connectivity index (χ3n) is 3.72. The Morgan fingerprint density at radius 1 is 1.60 bits per heavy atom. The summed E-state index contributed by atoms with van der Waals surface area (Å²) in [6, 6.07) is 0.0268. The van der Waals surface area contributed by atoms with Crippen molar-refractivity contribution >= 4 is 5.91 Å². The Morgan fingerprint density at radius 3 is 2.73 bits per heavy atom. The van der Waals surface area contributed by atoms with Gasteiger partial charge in [-0.1, -0.05) is 6.92 Å². The van der Waals surface area contributed by atoms with Crippen LogP contribution in [0.1, 0.15) is 32.6 Å². The summed E-state index contributed by atoms with van der Waals surface area (Å²) in [4.78, 5) is 13.8. The fourth-order valence-corrected chi connectivity index (χ4v) is 2.40. The van der Waals surface area contributed by atoms with Gasteiger partial charge in [0.15, 0.2) is 0 Å². The van der Waals surface area contributed by atoms with Crippen molar-refractivity contribution in [3.05, 3.63) is 0 Å². The van der Waals surface area contributed by atoms with Crippen molar-refractivity contribution < 1.29 is 9.53 Å². The van der Waals surface area contributed by atoms with Crippen LogP contribution in [0.2, 0.25) is 0 Å². The first kappa shape index (κ1) is 10.9. The summed E-state index contributed by atoms with van der Waals surface area (Å²) in [5.74, 6) is 0.237. The standard InChI is InChI=1S/C11H20N2O2/c1-3-9-10(14)13(8-12-9)7-11(15-2)5-4-6-11/h9,12H,3-8H2,1-2H3. The van der Waals surface area contributed by atoms with E-state index >= 15 is 0 Å². The lowest BCUT2D eigenvalue weighted by Gasteiger charge is -2.42. The van der Waals surface area contributed by atoms with Crippen LogP contribution in [0.15, 0.2) is 0 Å². The van der Waals surface area contributed by atoms with Crippen molar-refractivity contribution in [2.24, 2.45) is 0 Å². The maximum Gasteiger partial charge on any atom is 0.240 e. The maximum atomic E-state index is 11.9. The molecule has 1 saturated carbocycles. The second-order valence-electron chi connectivity index (χ2n) is 4.60. The number of carbonyl (C=O) groups excluding carboxylic acids is 1. The third-order valence-corrected chi connectivity index (χ3v) is 3.72. The second kappa shape index (κ2) is 4.10. The van der Waals surface area contributed by atoms with Gasteiger partial charge in [-0.3, -0.25) is 10.1 Å². The molecule has 1 atom stereocenters. The number of carbonyl (C=O) groups is 1. The molecule has 1 heterocycles. The highest BCUT2D eigenvalue weighted by Gasteiger charge is 2.42. The fraction of sp³-hybridized carbons (Fsp3) is 0.909. The van der Waals surface area contributed by atoms with Gasteiger partial charge in [0, 0.05) is 7.11 Å². The van der Waals surface area contributed by atoms with Crippen LogP contribution in [-0.4, -0.2) is 42.8 Å². The first-order chi connectivity index (χ1) is 7.21. The van der Waals surface area contributed by atoms with Crippen LogP contribution in [0.4, 0.5) is 0 Å². The quantitative estimate of drug-likeness (QED) is 0.746. The molecule has 2 aliphatic rings. The van der Waals surface area contributed by atoms with Crippen LogP contribution in [0, 0.1) is 0 Å². The van der Waals surface area contributed by atoms with Gasteiger partial charge in [0.05, 0.1) is 24.9 Å².